The van der Waals surface area contributed by atoms with Gasteiger partial charge in [0.1, 0.15) is 12.4 Å². The smallest absolute Gasteiger partial charge is 0.192 e. The minimum Gasteiger partial charge on any atom is -0.497 e. The van der Waals surface area contributed by atoms with E-state index in [1.807, 2.05) is 50.5 Å². The third kappa shape index (κ3) is 17.0. The number of hydrogen-bond donors (Lipinski definition) is 0. The van der Waals surface area contributed by atoms with E-state index in [1.165, 1.54) is 12.8 Å². The minimum absolute atomic E-state index is 0.0357. The molecule has 0 amide bonds. The summed E-state index contributed by atoms with van der Waals surface area (Å²) >= 11 is 0. The number of ether oxygens (including phenoxy) is 4. The van der Waals surface area contributed by atoms with E-state index in [9.17, 15) is 4.79 Å². The summed E-state index contributed by atoms with van der Waals surface area (Å²) in [6.07, 6.45) is 21.6. The zero-order chi connectivity index (χ0) is 40.6. The van der Waals surface area contributed by atoms with Crippen LogP contribution < -0.4 is 4.74 Å². The number of rotatable bonds is 29. The number of allylic oxidation sites excluding steroid dienone is 5. The Kier molecular flexibility index (Phi) is 23.0. The summed E-state index contributed by atoms with van der Waals surface area (Å²) in [7, 11) is -1.97. The molecule has 0 saturated carbocycles. The average molecular weight is 799 g/mol. The molecule has 0 N–H and O–H groups in total. The summed E-state index contributed by atoms with van der Waals surface area (Å²) in [5.41, 5.74) is 1.50. The predicted molar refractivity (Wildman–Crippen MR) is 235 cm³/mol. The standard InChI is InChI=1S/C46H78O7Si2/c1-11-18-19-20-21-22-23-24-26-41(36-49-35-40-29-31-43(48-10)32-30-40)46(38-50-45(8,9)51-39-46)34-33-42(47)27-25-28-44(53-55(15-5,16-6)17-7)37-52-54(12-2,13-3)14-4/h11,18,24-27,29-32,36,44H,12-17,19-23,28,33-35,37-39H2,1-10H3/b18-11+,26-24+,27-25+,41-36-/t44-/m0/s1. The largest absolute Gasteiger partial charge is 0.497 e. The Morgan fingerprint density at radius 1 is 0.818 bits per heavy atom. The molecule has 0 aromatic heterocycles. The number of carbonyl (C=O) groups is 1. The van der Waals surface area contributed by atoms with Crippen LogP contribution in [0.3, 0.4) is 0 Å². The molecule has 1 heterocycles. The molecule has 0 unspecified atom stereocenters. The average Bonchev–Trinajstić information content (AvgIpc) is 3.20. The molecule has 1 atom stereocenters. The van der Waals surface area contributed by atoms with E-state index in [-0.39, 0.29) is 11.9 Å². The molecule has 0 bridgehead atoms. The van der Waals surface area contributed by atoms with Gasteiger partial charge in [-0.25, -0.2) is 0 Å². The van der Waals surface area contributed by atoms with Gasteiger partial charge in [-0.3, -0.25) is 4.79 Å². The molecule has 0 aliphatic carbocycles. The van der Waals surface area contributed by atoms with Gasteiger partial charge in [-0.05, 0) is 125 Å². The van der Waals surface area contributed by atoms with Gasteiger partial charge in [0.15, 0.2) is 28.2 Å². The van der Waals surface area contributed by atoms with Crippen LogP contribution in [0, 0.1) is 5.41 Å². The molecule has 0 radical (unpaired) electrons. The Labute approximate surface area is 338 Å². The van der Waals surface area contributed by atoms with Crippen LogP contribution in [0.5, 0.6) is 5.75 Å². The molecular weight excluding hydrogens is 721 g/mol. The van der Waals surface area contributed by atoms with Crippen LogP contribution in [0.2, 0.25) is 36.3 Å². The van der Waals surface area contributed by atoms with Gasteiger partial charge in [0.05, 0.1) is 39.3 Å². The van der Waals surface area contributed by atoms with Crippen molar-refractivity contribution in [1.82, 2.24) is 0 Å². The molecule has 312 valence electrons. The molecular formula is C46H78O7Si2. The van der Waals surface area contributed by atoms with Crippen LogP contribution in [0.4, 0.5) is 0 Å². The van der Waals surface area contributed by atoms with Crippen molar-refractivity contribution in [3.63, 3.8) is 0 Å². The van der Waals surface area contributed by atoms with E-state index < -0.39 is 27.8 Å². The van der Waals surface area contributed by atoms with Crippen molar-refractivity contribution in [3.05, 3.63) is 78.1 Å². The molecule has 0 spiro atoms. The molecule has 1 aliphatic rings. The summed E-state index contributed by atoms with van der Waals surface area (Å²) in [4.78, 5) is 13.6. The van der Waals surface area contributed by atoms with Gasteiger partial charge in [-0.15, -0.1) is 0 Å². The molecule has 2 rings (SSSR count). The van der Waals surface area contributed by atoms with Gasteiger partial charge < -0.3 is 27.8 Å². The number of ketones is 1. The van der Waals surface area contributed by atoms with E-state index in [0.717, 1.165) is 72.4 Å². The number of methoxy groups -OCH3 is 1. The number of carbonyl (C=O) groups excluding carboxylic acids is 1. The molecule has 55 heavy (non-hydrogen) atoms. The van der Waals surface area contributed by atoms with Crippen molar-refractivity contribution in [2.24, 2.45) is 5.41 Å². The van der Waals surface area contributed by atoms with E-state index >= 15 is 0 Å². The monoisotopic (exact) mass is 799 g/mol. The maximum atomic E-state index is 13.6. The molecule has 1 fully saturated rings. The number of hydrogen-bond acceptors (Lipinski definition) is 7. The lowest BCUT2D eigenvalue weighted by Crippen LogP contribution is -2.47. The summed E-state index contributed by atoms with van der Waals surface area (Å²) < 4.78 is 37.9. The van der Waals surface area contributed by atoms with Crippen LogP contribution in [-0.2, 0) is 34.5 Å². The topological polar surface area (TPSA) is 72.5 Å². The highest BCUT2D eigenvalue weighted by molar-refractivity contribution is 6.74. The van der Waals surface area contributed by atoms with Crippen LogP contribution in [-0.4, -0.2) is 61.2 Å². The van der Waals surface area contributed by atoms with Crippen LogP contribution >= 0.6 is 0 Å². The van der Waals surface area contributed by atoms with Crippen molar-refractivity contribution in [2.75, 3.05) is 26.9 Å². The van der Waals surface area contributed by atoms with E-state index in [2.05, 4.69) is 72.8 Å². The quantitative estimate of drug-likeness (QED) is 0.0200. The highest BCUT2D eigenvalue weighted by atomic mass is 28.4. The SMILES string of the molecule is C/C=C/CCCCC/C=C/C(=C/OCc1ccc(OC)cc1)C1(CCC(=O)/C=C/C[C@@H](CO[Si](CC)(CC)CC)O[Si](CC)(CC)CC)COC(C)(C)OC1. The first-order valence-corrected chi connectivity index (χ1v) is 26.5. The van der Waals surface area contributed by atoms with Gasteiger partial charge in [-0.1, -0.05) is 90.5 Å². The zero-order valence-electron chi connectivity index (χ0n) is 36.5. The first kappa shape index (κ1) is 48.9. The van der Waals surface area contributed by atoms with Crippen LogP contribution in [0.15, 0.2) is 72.6 Å². The molecule has 1 aromatic carbocycles. The van der Waals surface area contributed by atoms with E-state index in [4.69, 9.17) is 27.8 Å². The lowest BCUT2D eigenvalue weighted by molar-refractivity contribution is -0.279. The Morgan fingerprint density at radius 2 is 1.42 bits per heavy atom. The van der Waals surface area contributed by atoms with E-state index in [1.54, 1.807) is 13.2 Å². The first-order valence-electron chi connectivity index (χ1n) is 21.4. The fourth-order valence-corrected chi connectivity index (χ4v) is 12.7. The Bertz CT molecular complexity index is 1300. The van der Waals surface area contributed by atoms with Crippen LogP contribution in [0.1, 0.15) is 119 Å². The number of unbranched alkanes of at least 4 members (excludes halogenated alkanes) is 4. The molecule has 1 saturated heterocycles. The zero-order valence-corrected chi connectivity index (χ0v) is 38.5. The highest BCUT2D eigenvalue weighted by Gasteiger charge is 2.42. The molecule has 7 nitrogen and oxygen atoms in total. The molecule has 1 aliphatic heterocycles. The Balaban J connectivity index is 2.28. The molecule has 1 aromatic rings. The first-order chi connectivity index (χ1) is 26.4. The van der Waals surface area contributed by atoms with Crippen molar-refractivity contribution in [2.45, 2.75) is 168 Å². The summed E-state index contributed by atoms with van der Waals surface area (Å²) in [6, 6.07) is 14.5. The van der Waals surface area contributed by atoms with Crippen molar-refractivity contribution in [1.29, 1.82) is 0 Å². The number of benzene rings is 1. The second kappa shape index (κ2) is 25.9. The highest BCUT2D eigenvalue weighted by Crippen LogP contribution is 2.41. The van der Waals surface area contributed by atoms with Crippen molar-refractivity contribution in [3.8, 4) is 5.75 Å². The fourth-order valence-electron chi connectivity index (χ4n) is 7.16. The van der Waals surface area contributed by atoms with Crippen molar-refractivity contribution < 1.29 is 32.6 Å². The minimum atomic E-state index is -1.86. The Hall–Kier alpha value is -2.28. The summed E-state index contributed by atoms with van der Waals surface area (Å²) in [5, 5.41) is 0. The lowest BCUT2D eigenvalue weighted by Gasteiger charge is -2.44. The van der Waals surface area contributed by atoms with Crippen LogP contribution in [0.25, 0.3) is 0 Å². The predicted octanol–water partition coefficient (Wildman–Crippen LogP) is 12.7. The van der Waals surface area contributed by atoms with Gasteiger partial charge in [-0.2, -0.15) is 0 Å². The maximum Gasteiger partial charge on any atom is 0.192 e. The summed E-state index contributed by atoms with van der Waals surface area (Å²) in [5.74, 6) is 0.211. The van der Waals surface area contributed by atoms with Gasteiger partial charge >= 0.3 is 0 Å². The fraction of sp³-hybridized carbons (Fsp3) is 0.674. The molecule has 9 heteroatoms. The lowest BCUT2D eigenvalue weighted by atomic mass is 9.76. The summed E-state index contributed by atoms with van der Waals surface area (Å²) in [6.45, 7) is 21.5. The van der Waals surface area contributed by atoms with Gasteiger partial charge in [0.25, 0.3) is 0 Å². The van der Waals surface area contributed by atoms with Gasteiger partial charge in [0.2, 0.25) is 0 Å². The Morgan fingerprint density at radius 3 is 1.98 bits per heavy atom. The normalized spacial score (nSPS) is 17.0. The second-order valence-electron chi connectivity index (χ2n) is 15.7. The third-order valence-corrected chi connectivity index (χ3v) is 21.2. The third-order valence-electron chi connectivity index (χ3n) is 11.8. The van der Waals surface area contributed by atoms with Crippen molar-refractivity contribution >= 4 is 22.4 Å². The van der Waals surface area contributed by atoms with E-state index in [0.29, 0.717) is 45.7 Å². The second-order valence-corrected chi connectivity index (χ2v) is 25.2. The van der Waals surface area contributed by atoms with Gasteiger partial charge in [0, 0.05) is 11.8 Å². The maximum absolute atomic E-state index is 13.6.